The van der Waals surface area contributed by atoms with Crippen molar-refractivity contribution < 1.29 is 9.53 Å². The minimum Gasteiger partial charge on any atom is -0.369 e. The molecule has 0 aromatic carbocycles. The topological polar surface area (TPSA) is 85.2 Å². The molecule has 128 valence electrons. The Morgan fingerprint density at radius 3 is 2.92 bits per heavy atom. The van der Waals surface area contributed by atoms with Crippen LogP contribution in [-0.2, 0) is 16.6 Å². The van der Waals surface area contributed by atoms with Crippen LogP contribution < -0.4 is 10.2 Å². The number of rotatable bonds is 4. The van der Waals surface area contributed by atoms with Gasteiger partial charge in [-0.2, -0.15) is 0 Å². The van der Waals surface area contributed by atoms with Gasteiger partial charge in [0.05, 0.1) is 5.92 Å². The lowest BCUT2D eigenvalue weighted by Crippen LogP contribution is -2.34. The van der Waals surface area contributed by atoms with E-state index in [9.17, 15) is 4.79 Å². The quantitative estimate of drug-likeness (QED) is 0.912. The second-order valence-corrected chi connectivity index (χ2v) is 6.08. The Morgan fingerprint density at radius 2 is 2.21 bits per heavy atom. The average molecular weight is 330 g/mol. The van der Waals surface area contributed by atoms with Crippen LogP contribution in [0.1, 0.15) is 24.8 Å². The Labute approximate surface area is 140 Å². The summed E-state index contributed by atoms with van der Waals surface area (Å²) in [5, 5.41) is 2.88. The lowest BCUT2D eigenvalue weighted by atomic mass is 9.92. The highest BCUT2D eigenvalue weighted by atomic mass is 16.5. The molecule has 3 heterocycles. The van der Waals surface area contributed by atoms with Gasteiger partial charge >= 0.3 is 0 Å². The van der Waals surface area contributed by atoms with Gasteiger partial charge in [-0.05, 0) is 12.8 Å². The molecular weight excluding hydrogens is 308 g/mol. The van der Waals surface area contributed by atoms with E-state index in [1.165, 1.54) is 6.33 Å². The van der Waals surface area contributed by atoms with E-state index in [2.05, 4.69) is 20.3 Å². The lowest BCUT2D eigenvalue weighted by molar-refractivity contribution is -0.130. The maximum absolute atomic E-state index is 12.8. The second kappa shape index (κ2) is 6.96. The maximum Gasteiger partial charge on any atom is 0.231 e. The van der Waals surface area contributed by atoms with Gasteiger partial charge in [-0.1, -0.05) is 0 Å². The first-order valence-corrected chi connectivity index (χ1v) is 7.95. The molecule has 1 fully saturated rings. The van der Waals surface area contributed by atoms with Crippen LogP contribution in [0.15, 0.2) is 24.8 Å². The molecule has 0 saturated carbocycles. The molecule has 8 heteroatoms. The third kappa shape index (κ3) is 3.38. The molecule has 24 heavy (non-hydrogen) atoms. The molecule has 2 aromatic rings. The highest BCUT2D eigenvalue weighted by Crippen LogP contribution is 2.33. The Bertz CT molecular complexity index is 714. The minimum atomic E-state index is -0.339. The highest BCUT2D eigenvalue weighted by Gasteiger charge is 2.35. The predicted octanol–water partition coefficient (Wildman–Crippen LogP) is 1.38. The molecule has 2 aromatic heterocycles. The maximum atomic E-state index is 12.8. The molecule has 2 atom stereocenters. The van der Waals surface area contributed by atoms with Gasteiger partial charge in [0.2, 0.25) is 5.91 Å². The zero-order valence-electron chi connectivity index (χ0n) is 14.1. The number of carbonyl (C=O) groups is 1. The third-order valence-corrected chi connectivity index (χ3v) is 4.13. The first-order valence-electron chi connectivity index (χ1n) is 7.95. The fourth-order valence-electron chi connectivity index (χ4n) is 2.83. The summed E-state index contributed by atoms with van der Waals surface area (Å²) in [5.41, 5.74) is 0. The summed E-state index contributed by atoms with van der Waals surface area (Å²) in [7, 11) is 5.68. The lowest BCUT2D eigenvalue weighted by Gasteiger charge is -2.30. The normalized spacial score (nSPS) is 20.6. The van der Waals surface area contributed by atoms with Crippen LogP contribution in [0, 0.1) is 5.92 Å². The number of anilines is 2. The van der Waals surface area contributed by atoms with Gasteiger partial charge in [0.1, 0.15) is 29.9 Å². The number of nitrogens with one attached hydrogen (secondary N) is 1. The van der Waals surface area contributed by atoms with E-state index in [-0.39, 0.29) is 17.9 Å². The van der Waals surface area contributed by atoms with Crippen molar-refractivity contribution in [2.45, 2.75) is 18.9 Å². The molecule has 3 rings (SSSR count). The predicted molar refractivity (Wildman–Crippen MR) is 89.6 cm³/mol. The minimum absolute atomic E-state index is 0.105. The summed E-state index contributed by atoms with van der Waals surface area (Å²) in [6, 6.07) is 1.75. The van der Waals surface area contributed by atoms with E-state index in [0.717, 1.165) is 24.5 Å². The molecule has 1 aliphatic rings. The van der Waals surface area contributed by atoms with Crippen LogP contribution in [0.4, 0.5) is 11.6 Å². The molecule has 0 aliphatic carbocycles. The Kier molecular flexibility index (Phi) is 4.75. The largest absolute Gasteiger partial charge is 0.369 e. The number of ether oxygens (including phenoxy) is 1. The van der Waals surface area contributed by atoms with Gasteiger partial charge in [0.25, 0.3) is 0 Å². The van der Waals surface area contributed by atoms with Crippen molar-refractivity contribution in [2.75, 3.05) is 30.9 Å². The summed E-state index contributed by atoms with van der Waals surface area (Å²) in [6.07, 6.45) is 6.29. The molecule has 1 saturated heterocycles. The highest BCUT2D eigenvalue weighted by molar-refractivity contribution is 5.92. The molecule has 0 spiro atoms. The summed E-state index contributed by atoms with van der Waals surface area (Å²) in [5.74, 6) is 1.60. The number of nitrogens with zero attached hydrogens (tertiary/aromatic N) is 5. The van der Waals surface area contributed by atoms with Crippen LogP contribution >= 0.6 is 0 Å². The third-order valence-electron chi connectivity index (χ3n) is 4.13. The van der Waals surface area contributed by atoms with Crippen LogP contribution in [0.25, 0.3) is 0 Å². The Hall–Kier alpha value is -2.48. The summed E-state index contributed by atoms with van der Waals surface area (Å²) in [6.45, 7) is 0.638. The van der Waals surface area contributed by atoms with E-state index in [0.29, 0.717) is 12.4 Å². The monoisotopic (exact) mass is 330 g/mol. The van der Waals surface area contributed by atoms with Gasteiger partial charge in [-0.3, -0.25) is 4.79 Å². The van der Waals surface area contributed by atoms with Gasteiger partial charge < -0.3 is 19.5 Å². The number of aryl methyl sites for hydroxylation is 1. The Balaban J connectivity index is 1.77. The first kappa shape index (κ1) is 16.4. The Morgan fingerprint density at radius 1 is 1.38 bits per heavy atom. The molecule has 1 amide bonds. The van der Waals surface area contributed by atoms with Crippen LogP contribution in [0.2, 0.25) is 0 Å². The van der Waals surface area contributed by atoms with Crippen molar-refractivity contribution in [3.05, 3.63) is 30.6 Å². The van der Waals surface area contributed by atoms with Gasteiger partial charge in [-0.25, -0.2) is 15.0 Å². The standard InChI is InChI=1S/C16H22N6O2/c1-21(2)13-9-12(18-10-19-13)20-16(23)11-5-4-8-24-14(11)15-17-6-7-22(15)3/h6-7,9-11,14H,4-5,8H2,1-3H3,(H,18,19,20,23)/t11-,14-/m1/s1. The zero-order chi connectivity index (χ0) is 17.1. The number of hydrogen-bond donors (Lipinski definition) is 1. The number of imidazole rings is 1. The summed E-state index contributed by atoms with van der Waals surface area (Å²) >= 11 is 0. The summed E-state index contributed by atoms with van der Waals surface area (Å²) in [4.78, 5) is 27.2. The molecular formula is C16H22N6O2. The van der Waals surface area contributed by atoms with Crippen molar-refractivity contribution in [3.63, 3.8) is 0 Å². The molecule has 1 aliphatic heterocycles. The molecule has 0 radical (unpaired) electrons. The number of amides is 1. The van der Waals surface area contributed by atoms with Crippen LogP contribution in [-0.4, -0.2) is 46.1 Å². The fourth-order valence-corrected chi connectivity index (χ4v) is 2.83. The SMILES string of the molecule is CN(C)c1cc(NC(=O)[C@@H]2CCCO[C@H]2c2nccn2C)ncn1. The van der Waals surface area contributed by atoms with E-state index in [4.69, 9.17) is 4.74 Å². The smallest absolute Gasteiger partial charge is 0.231 e. The van der Waals surface area contributed by atoms with Gasteiger partial charge in [0.15, 0.2) is 0 Å². The van der Waals surface area contributed by atoms with Crippen molar-refractivity contribution in [1.82, 2.24) is 19.5 Å². The zero-order valence-corrected chi connectivity index (χ0v) is 14.1. The van der Waals surface area contributed by atoms with Crippen LogP contribution in [0.3, 0.4) is 0 Å². The van der Waals surface area contributed by atoms with E-state index < -0.39 is 0 Å². The van der Waals surface area contributed by atoms with Crippen molar-refractivity contribution >= 4 is 17.5 Å². The molecule has 0 unspecified atom stereocenters. The summed E-state index contributed by atoms with van der Waals surface area (Å²) < 4.78 is 7.75. The number of carbonyl (C=O) groups excluding carboxylic acids is 1. The fraction of sp³-hybridized carbons (Fsp3) is 0.500. The average Bonchev–Trinajstić information content (AvgIpc) is 3.01. The van der Waals surface area contributed by atoms with E-state index >= 15 is 0 Å². The molecule has 8 nitrogen and oxygen atoms in total. The van der Waals surface area contributed by atoms with E-state index in [1.54, 1.807) is 12.3 Å². The number of hydrogen-bond acceptors (Lipinski definition) is 6. The molecule has 0 bridgehead atoms. The second-order valence-electron chi connectivity index (χ2n) is 6.08. The van der Waals surface area contributed by atoms with E-state index in [1.807, 2.05) is 36.8 Å². The number of aromatic nitrogens is 4. The van der Waals surface area contributed by atoms with Crippen LogP contribution in [0.5, 0.6) is 0 Å². The van der Waals surface area contributed by atoms with Crippen molar-refractivity contribution in [1.29, 1.82) is 0 Å². The first-order chi connectivity index (χ1) is 11.6. The van der Waals surface area contributed by atoms with Crippen molar-refractivity contribution in [3.8, 4) is 0 Å². The molecule has 1 N–H and O–H groups in total. The van der Waals surface area contributed by atoms with Gasteiger partial charge in [-0.15, -0.1) is 0 Å². The van der Waals surface area contributed by atoms with Gasteiger partial charge in [0, 0.05) is 46.2 Å². The van der Waals surface area contributed by atoms with Crippen molar-refractivity contribution in [2.24, 2.45) is 13.0 Å².